The average molecular weight is 298 g/mol. The molecule has 0 aromatic carbocycles. The number of nitrogens with zero attached hydrogens (tertiary/aromatic N) is 4. The lowest BCUT2D eigenvalue weighted by molar-refractivity contribution is 0.177. The fourth-order valence-corrected chi connectivity index (χ4v) is 3.01. The molecule has 0 aliphatic carbocycles. The molecule has 0 bridgehead atoms. The second kappa shape index (κ2) is 6.83. The highest BCUT2D eigenvalue weighted by Gasteiger charge is 2.23. The molecule has 0 N–H and O–H groups in total. The van der Waals surface area contributed by atoms with E-state index in [2.05, 4.69) is 38.1 Å². The molecule has 0 amide bonds. The van der Waals surface area contributed by atoms with Crippen LogP contribution in [0.5, 0.6) is 0 Å². The molecule has 1 aliphatic heterocycles. The molecule has 1 saturated heterocycles. The summed E-state index contributed by atoms with van der Waals surface area (Å²) in [4.78, 5) is 15.9. The summed E-state index contributed by atoms with van der Waals surface area (Å²) in [7, 11) is 1.67. The lowest BCUT2D eigenvalue weighted by Crippen LogP contribution is -2.35. The molecule has 5 heteroatoms. The largest absolute Gasteiger partial charge is 0.377 e. The van der Waals surface area contributed by atoms with Crippen molar-refractivity contribution in [1.29, 1.82) is 0 Å². The number of aromatic nitrogens is 3. The lowest BCUT2D eigenvalue weighted by atomic mass is 9.94. The average Bonchev–Trinajstić information content (AvgIpc) is 2.56. The molecule has 2 aromatic rings. The van der Waals surface area contributed by atoms with Crippen LogP contribution in [0.15, 0.2) is 30.5 Å². The topological polar surface area (TPSA) is 51.1 Å². The van der Waals surface area contributed by atoms with Crippen LogP contribution in [0.3, 0.4) is 0 Å². The lowest BCUT2D eigenvalue weighted by Gasteiger charge is -2.33. The maximum absolute atomic E-state index is 5.16. The number of ether oxygens (including phenoxy) is 1. The minimum atomic E-state index is 0.451. The molecule has 1 unspecified atom stereocenters. The van der Waals surface area contributed by atoms with Crippen LogP contribution in [0, 0.1) is 6.92 Å². The Bertz CT molecular complexity index is 617. The van der Waals surface area contributed by atoms with Gasteiger partial charge in [-0.15, -0.1) is 0 Å². The van der Waals surface area contributed by atoms with Gasteiger partial charge >= 0.3 is 0 Å². The summed E-state index contributed by atoms with van der Waals surface area (Å²) in [5, 5.41) is 0. The summed E-state index contributed by atoms with van der Waals surface area (Å²) < 4.78 is 5.16. The first kappa shape index (κ1) is 14.9. The maximum Gasteiger partial charge on any atom is 0.156 e. The van der Waals surface area contributed by atoms with Crippen LogP contribution in [-0.4, -0.2) is 35.2 Å². The highest BCUT2D eigenvalue weighted by molar-refractivity contribution is 5.41. The van der Waals surface area contributed by atoms with E-state index in [1.165, 1.54) is 12.1 Å². The zero-order valence-corrected chi connectivity index (χ0v) is 13.2. The van der Waals surface area contributed by atoms with E-state index in [1.54, 1.807) is 7.11 Å². The fourth-order valence-electron chi connectivity index (χ4n) is 3.01. The van der Waals surface area contributed by atoms with Crippen LogP contribution >= 0.6 is 0 Å². The Morgan fingerprint density at radius 1 is 1.32 bits per heavy atom. The van der Waals surface area contributed by atoms with Gasteiger partial charge in [0.15, 0.2) is 5.82 Å². The molecular formula is C17H22N4O. The Balaban J connectivity index is 1.80. The van der Waals surface area contributed by atoms with Gasteiger partial charge in [0.25, 0.3) is 0 Å². The predicted octanol–water partition coefficient (Wildman–Crippen LogP) is 2.71. The number of rotatable bonds is 4. The maximum atomic E-state index is 5.16. The standard InChI is InChI=1S/C17H22N4O/c1-13-10-17(20-16(19-13)12-22-2)21-9-5-6-14(11-21)15-7-3-4-8-18-15/h3-4,7-8,10,14H,5-6,9,11-12H2,1-2H3. The second-order valence-electron chi connectivity index (χ2n) is 5.76. The van der Waals surface area contributed by atoms with Crippen LogP contribution in [0.2, 0.25) is 0 Å². The summed E-state index contributed by atoms with van der Waals surface area (Å²) >= 11 is 0. The molecular weight excluding hydrogens is 276 g/mol. The minimum absolute atomic E-state index is 0.451. The molecule has 3 rings (SSSR count). The van der Waals surface area contributed by atoms with Crippen LogP contribution in [0.25, 0.3) is 0 Å². The van der Waals surface area contributed by atoms with E-state index in [4.69, 9.17) is 4.74 Å². The number of anilines is 1. The first-order valence-corrected chi connectivity index (χ1v) is 7.75. The van der Waals surface area contributed by atoms with Gasteiger partial charge in [-0.05, 0) is 31.9 Å². The van der Waals surface area contributed by atoms with Crippen molar-refractivity contribution in [3.8, 4) is 0 Å². The molecule has 1 fully saturated rings. The molecule has 3 heterocycles. The number of aryl methyl sites for hydroxylation is 1. The molecule has 2 aromatic heterocycles. The van der Waals surface area contributed by atoms with E-state index in [0.29, 0.717) is 12.5 Å². The highest BCUT2D eigenvalue weighted by atomic mass is 16.5. The first-order valence-electron chi connectivity index (χ1n) is 7.75. The van der Waals surface area contributed by atoms with Crippen molar-refractivity contribution in [2.75, 3.05) is 25.1 Å². The monoisotopic (exact) mass is 298 g/mol. The van der Waals surface area contributed by atoms with Gasteiger partial charge in [0.05, 0.1) is 0 Å². The smallest absolute Gasteiger partial charge is 0.156 e. The predicted molar refractivity (Wildman–Crippen MR) is 85.9 cm³/mol. The SMILES string of the molecule is COCc1nc(C)cc(N2CCCC(c3ccccn3)C2)n1. The number of hydrogen-bond donors (Lipinski definition) is 0. The van der Waals surface area contributed by atoms with Crippen LogP contribution < -0.4 is 4.90 Å². The summed E-state index contributed by atoms with van der Waals surface area (Å²) in [6.45, 7) is 4.45. The summed E-state index contributed by atoms with van der Waals surface area (Å²) in [6, 6.07) is 8.21. The van der Waals surface area contributed by atoms with E-state index in [0.717, 1.165) is 36.8 Å². The summed E-state index contributed by atoms with van der Waals surface area (Å²) in [5.41, 5.74) is 2.16. The van der Waals surface area contributed by atoms with Gasteiger partial charge in [-0.2, -0.15) is 0 Å². The Morgan fingerprint density at radius 3 is 3.00 bits per heavy atom. The number of hydrogen-bond acceptors (Lipinski definition) is 5. The van der Waals surface area contributed by atoms with Gasteiger partial charge in [0.1, 0.15) is 12.4 Å². The third-order valence-corrected chi connectivity index (χ3v) is 4.01. The molecule has 22 heavy (non-hydrogen) atoms. The highest BCUT2D eigenvalue weighted by Crippen LogP contribution is 2.28. The minimum Gasteiger partial charge on any atom is -0.377 e. The van der Waals surface area contributed by atoms with E-state index in [9.17, 15) is 0 Å². The molecule has 116 valence electrons. The molecule has 0 saturated carbocycles. The zero-order valence-electron chi connectivity index (χ0n) is 13.2. The van der Waals surface area contributed by atoms with Gasteiger partial charge < -0.3 is 9.64 Å². The molecule has 0 spiro atoms. The molecule has 0 radical (unpaired) electrons. The third-order valence-electron chi connectivity index (χ3n) is 4.01. The summed E-state index contributed by atoms with van der Waals surface area (Å²) in [5.74, 6) is 2.22. The van der Waals surface area contributed by atoms with Crippen LogP contribution in [0.1, 0.15) is 36.0 Å². The van der Waals surface area contributed by atoms with Crippen molar-refractivity contribution in [2.24, 2.45) is 0 Å². The van der Waals surface area contributed by atoms with Crippen molar-refractivity contribution in [3.63, 3.8) is 0 Å². The van der Waals surface area contributed by atoms with E-state index >= 15 is 0 Å². The second-order valence-corrected chi connectivity index (χ2v) is 5.76. The zero-order chi connectivity index (χ0) is 15.4. The third kappa shape index (κ3) is 3.42. The van der Waals surface area contributed by atoms with Crippen molar-refractivity contribution in [2.45, 2.75) is 32.3 Å². The molecule has 5 nitrogen and oxygen atoms in total. The Hall–Kier alpha value is -2.01. The number of piperidine rings is 1. The van der Waals surface area contributed by atoms with E-state index in [-0.39, 0.29) is 0 Å². The van der Waals surface area contributed by atoms with Gasteiger partial charge in [-0.1, -0.05) is 6.07 Å². The van der Waals surface area contributed by atoms with Gasteiger partial charge in [-0.25, -0.2) is 9.97 Å². The number of methoxy groups -OCH3 is 1. The van der Waals surface area contributed by atoms with Crippen molar-refractivity contribution < 1.29 is 4.74 Å². The molecule has 1 atom stereocenters. The van der Waals surface area contributed by atoms with E-state index in [1.807, 2.05) is 19.2 Å². The fraction of sp³-hybridized carbons (Fsp3) is 0.471. The number of pyridine rings is 1. The Kier molecular flexibility index (Phi) is 4.63. The Labute approximate surface area is 131 Å². The van der Waals surface area contributed by atoms with E-state index < -0.39 is 0 Å². The van der Waals surface area contributed by atoms with Crippen molar-refractivity contribution in [3.05, 3.63) is 47.7 Å². The van der Waals surface area contributed by atoms with Crippen molar-refractivity contribution >= 4 is 5.82 Å². The first-order chi connectivity index (χ1) is 10.8. The quantitative estimate of drug-likeness (QED) is 0.868. The molecule has 1 aliphatic rings. The normalized spacial score (nSPS) is 18.5. The van der Waals surface area contributed by atoms with Gasteiger partial charge in [0, 0.05) is 49.8 Å². The van der Waals surface area contributed by atoms with Crippen LogP contribution in [0.4, 0.5) is 5.82 Å². The summed E-state index contributed by atoms with van der Waals surface area (Å²) in [6.07, 6.45) is 4.21. The van der Waals surface area contributed by atoms with Crippen LogP contribution in [-0.2, 0) is 11.3 Å². The van der Waals surface area contributed by atoms with Gasteiger partial charge in [-0.3, -0.25) is 4.98 Å². The van der Waals surface area contributed by atoms with Crippen molar-refractivity contribution in [1.82, 2.24) is 15.0 Å². The Morgan fingerprint density at radius 2 is 2.23 bits per heavy atom. The van der Waals surface area contributed by atoms with Gasteiger partial charge in [0.2, 0.25) is 0 Å².